The fourth-order valence-electron chi connectivity index (χ4n) is 2.36. The molecule has 1 aromatic rings. The van der Waals surface area contributed by atoms with E-state index in [1.54, 1.807) is 12.1 Å². The summed E-state index contributed by atoms with van der Waals surface area (Å²) in [6, 6.07) is 7.36. The van der Waals surface area contributed by atoms with Crippen LogP contribution in [0.2, 0.25) is 0 Å². The molecule has 0 radical (unpaired) electrons. The summed E-state index contributed by atoms with van der Waals surface area (Å²) in [7, 11) is 0. The third-order valence-electron chi connectivity index (χ3n) is 3.86. The molecule has 4 nitrogen and oxygen atoms in total. The van der Waals surface area contributed by atoms with E-state index in [0.29, 0.717) is 12.3 Å². The lowest BCUT2D eigenvalue weighted by atomic mass is 10.1. The van der Waals surface area contributed by atoms with Crippen LogP contribution in [0.3, 0.4) is 0 Å². The first kappa shape index (κ1) is 14.9. The Balaban J connectivity index is 1.67. The van der Waals surface area contributed by atoms with Crippen molar-refractivity contribution in [1.29, 1.82) is 0 Å². The van der Waals surface area contributed by atoms with Gasteiger partial charge in [-0.1, -0.05) is 12.1 Å². The molecule has 2 rings (SSSR count). The molecule has 1 saturated carbocycles. The van der Waals surface area contributed by atoms with Gasteiger partial charge in [-0.3, -0.25) is 4.79 Å². The highest BCUT2D eigenvalue weighted by Crippen LogP contribution is 2.32. The largest absolute Gasteiger partial charge is 0.508 e. The predicted octanol–water partition coefficient (Wildman–Crippen LogP) is 1.96. The van der Waals surface area contributed by atoms with Gasteiger partial charge in [-0.2, -0.15) is 0 Å². The Kier molecular flexibility index (Phi) is 5.01. The highest BCUT2D eigenvalue weighted by molar-refractivity contribution is 5.76. The molecule has 1 amide bonds. The number of amides is 1. The molecule has 1 aliphatic carbocycles. The van der Waals surface area contributed by atoms with Gasteiger partial charge in [0.1, 0.15) is 5.75 Å². The molecule has 0 aromatic heterocycles. The zero-order valence-electron chi connectivity index (χ0n) is 12.0. The van der Waals surface area contributed by atoms with E-state index in [9.17, 15) is 9.90 Å². The quantitative estimate of drug-likeness (QED) is 0.712. The molecular formula is C16H24N2O2. The number of nitrogens with one attached hydrogen (secondary N) is 1. The zero-order valence-corrected chi connectivity index (χ0v) is 12.0. The third-order valence-corrected chi connectivity index (χ3v) is 3.86. The van der Waals surface area contributed by atoms with Crippen molar-refractivity contribution in [2.24, 2.45) is 11.7 Å². The molecule has 1 aliphatic rings. The summed E-state index contributed by atoms with van der Waals surface area (Å²) in [5, 5.41) is 12.2. The summed E-state index contributed by atoms with van der Waals surface area (Å²) >= 11 is 0. The van der Waals surface area contributed by atoms with E-state index in [1.165, 1.54) is 18.4 Å². The molecule has 1 fully saturated rings. The van der Waals surface area contributed by atoms with Crippen molar-refractivity contribution in [3.63, 3.8) is 0 Å². The zero-order chi connectivity index (χ0) is 14.5. The average molecular weight is 276 g/mol. The van der Waals surface area contributed by atoms with Gasteiger partial charge in [0.15, 0.2) is 0 Å². The first-order chi connectivity index (χ1) is 9.54. The SMILES string of the molecule is CC(CCc1ccc(O)cc1)NC(=O)CC(N)C1CC1. The number of hydrogen-bond donors (Lipinski definition) is 3. The van der Waals surface area contributed by atoms with E-state index in [-0.39, 0.29) is 23.7 Å². The number of nitrogens with two attached hydrogens (primary N) is 1. The van der Waals surface area contributed by atoms with Crippen LogP contribution in [0.1, 0.15) is 38.2 Å². The van der Waals surface area contributed by atoms with Crippen LogP contribution in [0.4, 0.5) is 0 Å². The first-order valence-electron chi connectivity index (χ1n) is 7.37. The maximum Gasteiger partial charge on any atom is 0.221 e. The fourth-order valence-corrected chi connectivity index (χ4v) is 2.36. The molecule has 4 heteroatoms. The average Bonchev–Trinajstić information content (AvgIpc) is 3.22. The number of phenolic OH excluding ortho intramolecular Hbond substituents is 1. The van der Waals surface area contributed by atoms with Gasteiger partial charge in [0, 0.05) is 18.5 Å². The summed E-state index contributed by atoms with van der Waals surface area (Å²) in [5.74, 6) is 0.903. The molecule has 20 heavy (non-hydrogen) atoms. The second-order valence-electron chi connectivity index (χ2n) is 5.88. The topological polar surface area (TPSA) is 75.3 Å². The lowest BCUT2D eigenvalue weighted by molar-refractivity contribution is -0.122. The van der Waals surface area contributed by atoms with Crippen LogP contribution < -0.4 is 11.1 Å². The summed E-state index contributed by atoms with van der Waals surface area (Å²) in [4.78, 5) is 11.8. The Morgan fingerprint density at radius 3 is 2.65 bits per heavy atom. The number of carbonyl (C=O) groups excluding carboxylic acids is 1. The molecule has 2 unspecified atom stereocenters. The number of aromatic hydroxyl groups is 1. The van der Waals surface area contributed by atoms with Crippen LogP contribution >= 0.6 is 0 Å². The van der Waals surface area contributed by atoms with Crippen molar-refractivity contribution in [2.45, 2.75) is 51.1 Å². The van der Waals surface area contributed by atoms with Gasteiger partial charge in [-0.05, 0) is 56.2 Å². The van der Waals surface area contributed by atoms with E-state index in [4.69, 9.17) is 5.73 Å². The van der Waals surface area contributed by atoms with Gasteiger partial charge < -0.3 is 16.2 Å². The molecule has 0 bridgehead atoms. The molecule has 0 spiro atoms. The van der Waals surface area contributed by atoms with Crippen molar-refractivity contribution in [3.05, 3.63) is 29.8 Å². The minimum Gasteiger partial charge on any atom is -0.508 e. The van der Waals surface area contributed by atoms with Crippen LogP contribution in [-0.2, 0) is 11.2 Å². The van der Waals surface area contributed by atoms with Crippen molar-refractivity contribution >= 4 is 5.91 Å². The Bertz CT molecular complexity index is 440. The molecule has 0 heterocycles. The smallest absolute Gasteiger partial charge is 0.221 e. The monoisotopic (exact) mass is 276 g/mol. The van der Waals surface area contributed by atoms with Crippen LogP contribution in [0.15, 0.2) is 24.3 Å². The van der Waals surface area contributed by atoms with Crippen LogP contribution in [0.5, 0.6) is 5.75 Å². The molecular weight excluding hydrogens is 252 g/mol. The Hall–Kier alpha value is -1.55. The number of rotatable bonds is 7. The van der Waals surface area contributed by atoms with Crippen LogP contribution in [0, 0.1) is 5.92 Å². The molecule has 0 aliphatic heterocycles. The van der Waals surface area contributed by atoms with E-state index < -0.39 is 0 Å². The summed E-state index contributed by atoms with van der Waals surface area (Å²) in [6.45, 7) is 2.01. The van der Waals surface area contributed by atoms with E-state index in [2.05, 4.69) is 5.32 Å². The van der Waals surface area contributed by atoms with Crippen molar-refractivity contribution < 1.29 is 9.90 Å². The number of benzene rings is 1. The maximum absolute atomic E-state index is 11.8. The third kappa shape index (κ3) is 4.85. The normalized spacial score (nSPS) is 17.5. The van der Waals surface area contributed by atoms with Gasteiger partial charge in [-0.25, -0.2) is 0 Å². The number of carbonyl (C=O) groups is 1. The Morgan fingerprint density at radius 2 is 2.05 bits per heavy atom. The number of hydrogen-bond acceptors (Lipinski definition) is 3. The van der Waals surface area contributed by atoms with Gasteiger partial charge in [0.05, 0.1) is 0 Å². The van der Waals surface area contributed by atoms with Gasteiger partial charge >= 0.3 is 0 Å². The standard InChI is InChI=1S/C16H24N2O2/c1-11(2-3-12-4-8-14(19)9-5-12)18-16(20)10-15(17)13-6-7-13/h4-5,8-9,11,13,15,19H,2-3,6-7,10,17H2,1H3,(H,18,20). The van der Waals surface area contributed by atoms with E-state index in [0.717, 1.165) is 12.8 Å². The highest BCUT2D eigenvalue weighted by Gasteiger charge is 2.29. The minimum absolute atomic E-state index is 0.0271. The maximum atomic E-state index is 11.8. The predicted molar refractivity (Wildman–Crippen MR) is 79.3 cm³/mol. The lowest BCUT2D eigenvalue weighted by Crippen LogP contribution is -2.37. The molecule has 0 saturated heterocycles. The van der Waals surface area contributed by atoms with E-state index >= 15 is 0 Å². The highest BCUT2D eigenvalue weighted by atomic mass is 16.3. The Labute approximate surface area is 120 Å². The van der Waals surface area contributed by atoms with Gasteiger partial charge in [-0.15, -0.1) is 0 Å². The molecule has 2 atom stereocenters. The van der Waals surface area contributed by atoms with Gasteiger partial charge in [0.2, 0.25) is 5.91 Å². The second-order valence-corrected chi connectivity index (χ2v) is 5.88. The molecule has 1 aromatic carbocycles. The van der Waals surface area contributed by atoms with Crippen molar-refractivity contribution in [2.75, 3.05) is 0 Å². The molecule has 4 N–H and O–H groups in total. The minimum atomic E-state index is 0.0271. The van der Waals surface area contributed by atoms with Crippen molar-refractivity contribution in [3.8, 4) is 5.75 Å². The van der Waals surface area contributed by atoms with Crippen LogP contribution in [-0.4, -0.2) is 23.1 Å². The van der Waals surface area contributed by atoms with Crippen LogP contribution in [0.25, 0.3) is 0 Å². The molecule has 110 valence electrons. The fraction of sp³-hybridized carbons (Fsp3) is 0.562. The van der Waals surface area contributed by atoms with E-state index in [1.807, 2.05) is 19.1 Å². The second kappa shape index (κ2) is 6.75. The van der Waals surface area contributed by atoms with Gasteiger partial charge in [0.25, 0.3) is 0 Å². The first-order valence-corrected chi connectivity index (χ1v) is 7.37. The number of aryl methyl sites for hydroxylation is 1. The summed E-state index contributed by atoms with van der Waals surface area (Å²) in [6.07, 6.45) is 4.55. The summed E-state index contributed by atoms with van der Waals surface area (Å²) < 4.78 is 0. The Morgan fingerprint density at radius 1 is 1.40 bits per heavy atom. The summed E-state index contributed by atoms with van der Waals surface area (Å²) in [5.41, 5.74) is 7.12. The van der Waals surface area contributed by atoms with Crippen molar-refractivity contribution in [1.82, 2.24) is 5.32 Å². The lowest BCUT2D eigenvalue weighted by Gasteiger charge is -2.16. The number of phenols is 1.